The van der Waals surface area contributed by atoms with Crippen molar-refractivity contribution in [2.24, 2.45) is 0 Å². The number of rotatable bonds is 7. The van der Waals surface area contributed by atoms with Crippen LogP contribution in [0.5, 0.6) is 5.75 Å². The molecule has 0 bridgehead atoms. The number of halogens is 3. The quantitative estimate of drug-likeness (QED) is 0.467. The Morgan fingerprint density at radius 2 is 2.00 bits per heavy atom. The van der Waals surface area contributed by atoms with E-state index in [2.05, 4.69) is 25.1 Å². The minimum atomic E-state index is -4.71. The first-order valence-electron chi connectivity index (χ1n) is 8.38. The fraction of sp³-hybridized carbons (Fsp3) is 0.235. The van der Waals surface area contributed by atoms with Crippen molar-refractivity contribution in [1.82, 2.24) is 24.1 Å². The van der Waals surface area contributed by atoms with Crippen molar-refractivity contribution in [3.05, 3.63) is 49.2 Å². The standard InChI is InChI=1S/C17H15F3N6OS/c18-17(19,20)27-13-4-2-12(3-5-13)14-10-23-16-26(14)24-15(28-16)22-6-1-8-25-9-7-21-11-25/h2-5,7,9-11H,1,6,8H2,(H,22,24). The summed E-state index contributed by atoms with van der Waals surface area (Å²) in [6.07, 6.45) is 3.27. The van der Waals surface area contributed by atoms with Crippen LogP contribution in [-0.4, -0.2) is 37.1 Å². The van der Waals surface area contributed by atoms with Crippen LogP contribution in [0, 0.1) is 0 Å². The summed E-state index contributed by atoms with van der Waals surface area (Å²) in [5.41, 5.74) is 1.38. The lowest BCUT2D eigenvalue weighted by Gasteiger charge is -2.08. The van der Waals surface area contributed by atoms with Crippen molar-refractivity contribution >= 4 is 21.4 Å². The van der Waals surface area contributed by atoms with Gasteiger partial charge in [0.2, 0.25) is 10.1 Å². The lowest BCUT2D eigenvalue weighted by atomic mass is 10.2. The number of imidazole rings is 2. The highest BCUT2D eigenvalue weighted by molar-refractivity contribution is 7.20. The Balaban J connectivity index is 1.42. The summed E-state index contributed by atoms with van der Waals surface area (Å²) in [6, 6.07) is 5.62. The molecule has 1 aromatic carbocycles. The molecule has 0 atom stereocenters. The first kappa shape index (κ1) is 18.3. The molecular weight excluding hydrogens is 393 g/mol. The molecule has 0 saturated carbocycles. The Bertz CT molecular complexity index is 1040. The minimum absolute atomic E-state index is 0.268. The third-order valence-corrected chi connectivity index (χ3v) is 4.78. The zero-order valence-corrected chi connectivity index (χ0v) is 15.2. The highest BCUT2D eigenvalue weighted by Gasteiger charge is 2.31. The molecule has 28 heavy (non-hydrogen) atoms. The van der Waals surface area contributed by atoms with Crippen LogP contribution in [0.25, 0.3) is 16.2 Å². The molecule has 0 aliphatic heterocycles. The van der Waals surface area contributed by atoms with Crippen molar-refractivity contribution in [2.45, 2.75) is 19.3 Å². The van der Waals surface area contributed by atoms with Crippen LogP contribution in [-0.2, 0) is 6.54 Å². The molecule has 3 heterocycles. The molecule has 0 aliphatic rings. The molecule has 0 aliphatic carbocycles. The van der Waals surface area contributed by atoms with Gasteiger partial charge < -0.3 is 14.6 Å². The maximum Gasteiger partial charge on any atom is 0.573 e. The van der Waals surface area contributed by atoms with Gasteiger partial charge in [0, 0.05) is 31.0 Å². The monoisotopic (exact) mass is 408 g/mol. The van der Waals surface area contributed by atoms with E-state index >= 15 is 0 Å². The van der Waals surface area contributed by atoms with Gasteiger partial charge in [-0.2, -0.15) is 0 Å². The number of ether oxygens (including phenoxy) is 1. The van der Waals surface area contributed by atoms with Crippen LogP contribution < -0.4 is 10.1 Å². The molecule has 0 fully saturated rings. The first-order valence-corrected chi connectivity index (χ1v) is 9.20. The van der Waals surface area contributed by atoms with Gasteiger partial charge in [-0.1, -0.05) is 11.3 Å². The molecule has 146 valence electrons. The molecule has 0 spiro atoms. The number of aryl methyl sites for hydroxylation is 1. The van der Waals surface area contributed by atoms with Crippen LogP contribution >= 0.6 is 11.3 Å². The largest absolute Gasteiger partial charge is 0.573 e. The number of nitrogens with one attached hydrogen (secondary N) is 1. The third-order valence-electron chi connectivity index (χ3n) is 3.90. The zero-order valence-electron chi connectivity index (χ0n) is 14.4. The normalized spacial score (nSPS) is 11.8. The predicted molar refractivity (Wildman–Crippen MR) is 98.3 cm³/mol. The van der Waals surface area contributed by atoms with Crippen molar-refractivity contribution in [3.8, 4) is 17.0 Å². The molecule has 0 amide bonds. The Kier molecular flexibility index (Phi) is 4.90. The Morgan fingerprint density at radius 3 is 2.71 bits per heavy atom. The van der Waals surface area contributed by atoms with E-state index in [4.69, 9.17) is 0 Å². The topological polar surface area (TPSA) is 69.3 Å². The summed E-state index contributed by atoms with van der Waals surface area (Å²) in [6.45, 7) is 1.60. The van der Waals surface area contributed by atoms with E-state index in [1.807, 2.05) is 10.8 Å². The Labute approximate surface area is 161 Å². The maximum absolute atomic E-state index is 12.3. The molecule has 0 radical (unpaired) electrons. The third kappa shape index (κ3) is 4.25. The van der Waals surface area contributed by atoms with Gasteiger partial charge in [0.15, 0.2) is 0 Å². The smallest absolute Gasteiger partial charge is 0.406 e. The van der Waals surface area contributed by atoms with Crippen LogP contribution in [0.15, 0.2) is 49.2 Å². The van der Waals surface area contributed by atoms with Crippen LogP contribution in [0.3, 0.4) is 0 Å². The molecule has 1 N–H and O–H groups in total. The van der Waals surface area contributed by atoms with Crippen molar-refractivity contribution in [1.29, 1.82) is 0 Å². The molecule has 4 rings (SSSR count). The van der Waals surface area contributed by atoms with Gasteiger partial charge in [-0.15, -0.1) is 18.3 Å². The molecule has 11 heteroatoms. The number of anilines is 1. The molecule has 4 aromatic rings. The second kappa shape index (κ2) is 7.50. The van der Waals surface area contributed by atoms with Gasteiger partial charge >= 0.3 is 6.36 Å². The van der Waals surface area contributed by atoms with Crippen LogP contribution in [0.1, 0.15) is 6.42 Å². The van der Waals surface area contributed by atoms with E-state index in [9.17, 15) is 13.2 Å². The van der Waals surface area contributed by atoms with Crippen LogP contribution in [0.2, 0.25) is 0 Å². The maximum atomic E-state index is 12.3. The molecular formula is C17H15F3N6OS. The van der Waals surface area contributed by atoms with Gasteiger partial charge in [0.05, 0.1) is 18.2 Å². The molecule has 0 unspecified atom stereocenters. The van der Waals surface area contributed by atoms with Gasteiger partial charge in [0.25, 0.3) is 0 Å². The summed E-state index contributed by atoms with van der Waals surface area (Å²) in [4.78, 5) is 9.02. The predicted octanol–water partition coefficient (Wildman–Crippen LogP) is 4.06. The number of fused-ring (bicyclic) bond motifs is 1. The number of nitrogens with zero attached hydrogens (tertiary/aromatic N) is 5. The van der Waals surface area contributed by atoms with E-state index in [1.54, 1.807) is 35.4 Å². The van der Waals surface area contributed by atoms with Crippen molar-refractivity contribution in [2.75, 3.05) is 11.9 Å². The van der Waals surface area contributed by atoms with E-state index in [1.165, 1.54) is 23.5 Å². The van der Waals surface area contributed by atoms with Gasteiger partial charge in [-0.25, -0.2) is 14.5 Å². The number of hydrogen-bond donors (Lipinski definition) is 1. The summed E-state index contributed by atoms with van der Waals surface area (Å²) < 4.78 is 44.4. The SMILES string of the molecule is FC(F)(F)Oc1ccc(-c2cnc3sc(NCCCn4ccnc4)nn23)cc1. The average molecular weight is 408 g/mol. The Hall–Kier alpha value is -3.08. The highest BCUT2D eigenvalue weighted by atomic mass is 32.1. The average Bonchev–Trinajstić information content (AvgIpc) is 3.35. The first-order chi connectivity index (χ1) is 13.5. The number of aromatic nitrogens is 5. The van der Waals surface area contributed by atoms with Crippen LogP contribution in [0.4, 0.5) is 18.3 Å². The van der Waals surface area contributed by atoms with E-state index in [0.717, 1.165) is 24.6 Å². The molecule has 0 saturated heterocycles. The van der Waals surface area contributed by atoms with Crippen molar-refractivity contribution < 1.29 is 17.9 Å². The lowest BCUT2D eigenvalue weighted by Crippen LogP contribution is -2.16. The summed E-state index contributed by atoms with van der Waals surface area (Å²) in [5.74, 6) is -0.268. The number of hydrogen-bond acceptors (Lipinski definition) is 6. The zero-order chi connectivity index (χ0) is 19.6. The summed E-state index contributed by atoms with van der Waals surface area (Å²) in [5, 5.41) is 8.49. The Morgan fingerprint density at radius 1 is 1.18 bits per heavy atom. The van der Waals surface area contributed by atoms with E-state index < -0.39 is 6.36 Å². The fourth-order valence-corrected chi connectivity index (χ4v) is 3.46. The van der Waals surface area contributed by atoms with Gasteiger partial charge in [0.1, 0.15) is 5.75 Å². The number of alkyl halides is 3. The van der Waals surface area contributed by atoms with E-state index in [0.29, 0.717) is 16.2 Å². The molecule has 3 aromatic heterocycles. The van der Waals surface area contributed by atoms with Crippen molar-refractivity contribution in [3.63, 3.8) is 0 Å². The van der Waals surface area contributed by atoms with Gasteiger partial charge in [-0.3, -0.25) is 0 Å². The second-order valence-electron chi connectivity index (χ2n) is 5.90. The second-order valence-corrected chi connectivity index (χ2v) is 6.85. The minimum Gasteiger partial charge on any atom is -0.406 e. The highest BCUT2D eigenvalue weighted by Crippen LogP contribution is 2.29. The number of benzene rings is 1. The molecule has 7 nitrogen and oxygen atoms in total. The summed E-state index contributed by atoms with van der Waals surface area (Å²) in [7, 11) is 0. The lowest BCUT2D eigenvalue weighted by molar-refractivity contribution is -0.274. The van der Waals surface area contributed by atoms with Gasteiger partial charge in [-0.05, 0) is 30.7 Å². The summed E-state index contributed by atoms with van der Waals surface area (Å²) >= 11 is 1.41. The van der Waals surface area contributed by atoms with E-state index in [-0.39, 0.29) is 5.75 Å². The fourth-order valence-electron chi connectivity index (χ4n) is 2.66.